The third kappa shape index (κ3) is 1.88. The number of methoxy groups -OCH3 is 1. The van der Waals surface area contributed by atoms with Crippen LogP contribution in [0.25, 0.3) is 0 Å². The molecule has 0 saturated carbocycles. The topological polar surface area (TPSA) is 87.6 Å². The Hall–Kier alpha value is -1.56. The van der Waals surface area contributed by atoms with E-state index in [-0.39, 0.29) is 17.5 Å². The van der Waals surface area contributed by atoms with E-state index in [4.69, 9.17) is 15.0 Å². The van der Waals surface area contributed by atoms with E-state index in [9.17, 15) is 4.79 Å². The van der Waals surface area contributed by atoms with E-state index >= 15 is 0 Å². The first-order valence-corrected chi connectivity index (χ1v) is 5.15. The van der Waals surface area contributed by atoms with Crippen LogP contribution in [0.4, 0.5) is 5.88 Å². The van der Waals surface area contributed by atoms with E-state index in [2.05, 4.69) is 9.89 Å². The molecule has 1 aromatic rings. The van der Waals surface area contributed by atoms with Gasteiger partial charge >= 0.3 is 5.97 Å². The fourth-order valence-corrected chi connectivity index (χ4v) is 1.93. The van der Waals surface area contributed by atoms with Crippen LogP contribution in [-0.2, 0) is 9.47 Å². The number of hydrogen-bond acceptors (Lipinski definition) is 6. The van der Waals surface area contributed by atoms with Crippen LogP contribution in [0.5, 0.6) is 0 Å². The maximum Gasteiger partial charge on any atom is 0.360 e. The highest BCUT2D eigenvalue weighted by Gasteiger charge is 2.29. The Labute approximate surface area is 92.7 Å². The fraction of sp³-hybridized carbons (Fsp3) is 0.600. The van der Waals surface area contributed by atoms with E-state index in [0.29, 0.717) is 18.8 Å². The van der Waals surface area contributed by atoms with Crippen molar-refractivity contribution in [2.75, 3.05) is 26.1 Å². The molecule has 6 nitrogen and oxygen atoms in total. The Bertz CT molecular complexity index is 382. The number of carbonyl (C=O) groups is 1. The van der Waals surface area contributed by atoms with Gasteiger partial charge in [-0.15, -0.1) is 0 Å². The summed E-state index contributed by atoms with van der Waals surface area (Å²) in [4.78, 5) is 11.5. The van der Waals surface area contributed by atoms with Gasteiger partial charge in [-0.3, -0.25) is 0 Å². The monoisotopic (exact) mass is 226 g/mol. The van der Waals surface area contributed by atoms with Crippen LogP contribution in [0, 0.1) is 0 Å². The van der Waals surface area contributed by atoms with Crippen molar-refractivity contribution in [1.82, 2.24) is 5.16 Å². The standard InChI is InChI=1S/C10H14N2O4/c1-14-10(13)8-7(9(11)16-12-8)6-2-4-15-5-3-6/h6H,2-5,11H2,1H3. The molecule has 1 fully saturated rings. The van der Waals surface area contributed by atoms with Gasteiger partial charge in [-0.1, -0.05) is 5.16 Å². The largest absolute Gasteiger partial charge is 0.464 e. The van der Waals surface area contributed by atoms with Crippen molar-refractivity contribution in [3.63, 3.8) is 0 Å². The van der Waals surface area contributed by atoms with Crippen molar-refractivity contribution < 1.29 is 18.8 Å². The van der Waals surface area contributed by atoms with Gasteiger partial charge in [0.15, 0.2) is 5.69 Å². The lowest BCUT2D eigenvalue weighted by molar-refractivity contribution is 0.0582. The molecule has 1 aliphatic heterocycles. The van der Waals surface area contributed by atoms with Gasteiger partial charge in [-0.25, -0.2) is 4.79 Å². The first-order valence-electron chi connectivity index (χ1n) is 5.15. The van der Waals surface area contributed by atoms with Crippen LogP contribution in [0.1, 0.15) is 34.8 Å². The molecule has 1 aromatic heterocycles. The van der Waals surface area contributed by atoms with E-state index in [0.717, 1.165) is 12.8 Å². The molecule has 2 rings (SSSR count). The Morgan fingerprint density at radius 1 is 1.50 bits per heavy atom. The average Bonchev–Trinajstić information content (AvgIpc) is 2.71. The van der Waals surface area contributed by atoms with Crippen LogP contribution in [-0.4, -0.2) is 31.4 Å². The van der Waals surface area contributed by atoms with Crippen LogP contribution in [0.3, 0.4) is 0 Å². The summed E-state index contributed by atoms with van der Waals surface area (Å²) in [6.07, 6.45) is 1.63. The van der Waals surface area contributed by atoms with Gasteiger partial charge in [-0.2, -0.15) is 0 Å². The third-order valence-corrected chi connectivity index (χ3v) is 2.76. The summed E-state index contributed by atoms with van der Waals surface area (Å²) in [5, 5.41) is 3.65. The van der Waals surface area contributed by atoms with Gasteiger partial charge in [0.25, 0.3) is 0 Å². The molecule has 0 unspecified atom stereocenters. The number of esters is 1. The normalized spacial score (nSPS) is 17.3. The van der Waals surface area contributed by atoms with Gasteiger partial charge in [-0.05, 0) is 18.8 Å². The highest BCUT2D eigenvalue weighted by atomic mass is 16.5. The number of rotatable bonds is 2. The van der Waals surface area contributed by atoms with Crippen molar-refractivity contribution in [3.8, 4) is 0 Å². The minimum Gasteiger partial charge on any atom is -0.464 e. The van der Waals surface area contributed by atoms with Crippen molar-refractivity contribution in [1.29, 1.82) is 0 Å². The zero-order valence-electron chi connectivity index (χ0n) is 9.06. The fourth-order valence-electron chi connectivity index (χ4n) is 1.93. The number of aromatic nitrogens is 1. The Morgan fingerprint density at radius 2 is 2.19 bits per heavy atom. The molecule has 16 heavy (non-hydrogen) atoms. The lowest BCUT2D eigenvalue weighted by atomic mass is 9.91. The number of nitrogens with zero attached hydrogens (tertiary/aromatic N) is 1. The highest BCUT2D eigenvalue weighted by molar-refractivity contribution is 5.90. The molecule has 88 valence electrons. The highest BCUT2D eigenvalue weighted by Crippen LogP contribution is 2.33. The second-order valence-corrected chi connectivity index (χ2v) is 3.69. The van der Waals surface area contributed by atoms with Crippen LogP contribution < -0.4 is 5.73 Å². The Kier molecular flexibility index (Phi) is 3.09. The van der Waals surface area contributed by atoms with Crippen molar-refractivity contribution in [2.45, 2.75) is 18.8 Å². The summed E-state index contributed by atoms with van der Waals surface area (Å²) in [7, 11) is 1.31. The SMILES string of the molecule is COC(=O)c1noc(N)c1C1CCOCC1. The molecule has 1 saturated heterocycles. The molecular weight excluding hydrogens is 212 g/mol. The summed E-state index contributed by atoms with van der Waals surface area (Å²) < 4.78 is 14.7. The number of anilines is 1. The summed E-state index contributed by atoms with van der Waals surface area (Å²) in [6.45, 7) is 1.33. The van der Waals surface area contributed by atoms with E-state index in [1.807, 2.05) is 0 Å². The molecule has 0 aromatic carbocycles. The van der Waals surface area contributed by atoms with Gasteiger partial charge in [0.1, 0.15) is 0 Å². The summed E-state index contributed by atoms with van der Waals surface area (Å²) in [5.74, 6) is -0.150. The molecule has 0 spiro atoms. The molecular formula is C10H14N2O4. The van der Waals surface area contributed by atoms with Crippen LogP contribution in [0.15, 0.2) is 4.52 Å². The summed E-state index contributed by atoms with van der Waals surface area (Å²) >= 11 is 0. The van der Waals surface area contributed by atoms with E-state index in [1.165, 1.54) is 7.11 Å². The quantitative estimate of drug-likeness (QED) is 0.755. The molecule has 0 atom stereocenters. The summed E-state index contributed by atoms with van der Waals surface area (Å²) in [5.41, 5.74) is 6.54. The Balaban J connectivity index is 2.30. The van der Waals surface area contributed by atoms with Crippen molar-refractivity contribution >= 4 is 11.9 Å². The van der Waals surface area contributed by atoms with Gasteiger partial charge in [0, 0.05) is 13.2 Å². The zero-order valence-corrected chi connectivity index (χ0v) is 9.06. The third-order valence-electron chi connectivity index (χ3n) is 2.76. The van der Waals surface area contributed by atoms with Gasteiger partial charge < -0.3 is 19.7 Å². The second-order valence-electron chi connectivity index (χ2n) is 3.69. The number of nitrogens with two attached hydrogens (primary N) is 1. The lowest BCUT2D eigenvalue weighted by Crippen LogP contribution is -2.17. The Morgan fingerprint density at radius 3 is 2.81 bits per heavy atom. The number of carbonyl (C=O) groups excluding carboxylic acids is 1. The minimum absolute atomic E-state index is 0.161. The molecule has 2 N–H and O–H groups in total. The first kappa shape index (κ1) is 10.9. The smallest absolute Gasteiger partial charge is 0.360 e. The average molecular weight is 226 g/mol. The lowest BCUT2D eigenvalue weighted by Gasteiger charge is -2.21. The van der Waals surface area contributed by atoms with Gasteiger partial charge in [0.05, 0.1) is 12.7 Å². The number of hydrogen-bond donors (Lipinski definition) is 1. The van der Waals surface area contributed by atoms with E-state index in [1.54, 1.807) is 0 Å². The molecule has 6 heteroatoms. The molecule has 1 aliphatic rings. The van der Waals surface area contributed by atoms with Crippen molar-refractivity contribution in [2.24, 2.45) is 0 Å². The predicted octanol–water partition coefficient (Wildman–Crippen LogP) is 0.937. The predicted molar refractivity (Wildman–Crippen MR) is 55.0 cm³/mol. The molecule has 0 amide bonds. The van der Waals surface area contributed by atoms with E-state index < -0.39 is 5.97 Å². The van der Waals surface area contributed by atoms with Crippen LogP contribution >= 0.6 is 0 Å². The summed E-state index contributed by atoms with van der Waals surface area (Å²) in [6, 6.07) is 0. The molecule has 2 heterocycles. The van der Waals surface area contributed by atoms with Crippen molar-refractivity contribution in [3.05, 3.63) is 11.3 Å². The number of nitrogen functional groups attached to an aromatic ring is 1. The maximum atomic E-state index is 11.5. The van der Waals surface area contributed by atoms with Gasteiger partial charge in [0.2, 0.25) is 5.88 Å². The minimum atomic E-state index is -0.512. The zero-order chi connectivity index (χ0) is 11.5. The second kappa shape index (κ2) is 4.52. The molecule has 0 aliphatic carbocycles. The maximum absolute atomic E-state index is 11.5. The first-order chi connectivity index (χ1) is 7.74. The molecule has 0 bridgehead atoms. The van der Waals surface area contributed by atoms with Crippen LogP contribution in [0.2, 0.25) is 0 Å². The molecule has 0 radical (unpaired) electrons. The number of ether oxygens (including phenoxy) is 2.